The van der Waals surface area contributed by atoms with E-state index in [9.17, 15) is 9.59 Å². The van der Waals surface area contributed by atoms with E-state index in [0.717, 1.165) is 24.8 Å². The largest absolute Gasteiger partial charge is 0.496 e. The number of rotatable bonds is 5. The molecule has 6 heteroatoms. The zero-order chi connectivity index (χ0) is 17.7. The summed E-state index contributed by atoms with van der Waals surface area (Å²) < 4.78 is 10.3. The maximum Gasteiger partial charge on any atom is 0.331 e. The number of hydrogen-bond acceptors (Lipinski definition) is 4. The van der Waals surface area contributed by atoms with E-state index in [-0.39, 0.29) is 24.2 Å². The number of amides is 1. The van der Waals surface area contributed by atoms with Crippen LogP contribution in [0.4, 0.5) is 0 Å². The lowest BCUT2D eigenvalue weighted by Gasteiger charge is -2.40. The van der Waals surface area contributed by atoms with Gasteiger partial charge in [0.25, 0.3) is 0 Å². The van der Waals surface area contributed by atoms with Gasteiger partial charge >= 0.3 is 5.97 Å². The van der Waals surface area contributed by atoms with E-state index in [4.69, 9.17) is 21.1 Å². The van der Waals surface area contributed by atoms with Gasteiger partial charge in [0.1, 0.15) is 11.3 Å². The number of hydrogen-bond donors (Lipinski definition) is 1. The fraction of sp³-hybridized carbons (Fsp3) is 0.556. The Bertz CT molecular complexity index is 619. The van der Waals surface area contributed by atoms with Crippen molar-refractivity contribution < 1.29 is 19.1 Å². The van der Waals surface area contributed by atoms with Crippen LogP contribution < -0.4 is 10.1 Å². The lowest BCUT2D eigenvalue weighted by atomic mass is 9.73. The highest BCUT2D eigenvalue weighted by atomic mass is 35.5. The first-order valence-corrected chi connectivity index (χ1v) is 8.52. The molecule has 1 saturated carbocycles. The number of carbonyl (C=O) groups is 2. The molecule has 0 radical (unpaired) electrons. The van der Waals surface area contributed by atoms with Crippen LogP contribution in [0.2, 0.25) is 5.02 Å². The Morgan fingerprint density at radius 3 is 2.71 bits per heavy atom. The van der Waals surface area contributed by atoms with Crippen molar-refractivity contribution in [1.82, 2.24) is 5.32 Å². The molecule has 1 N–H and O–H groups in total. The molecule has 5 nitrogen and oxygen atoms in total. The summed E-state index contributed by atoms with van der Waals surface area (Å²) in [7, 11) is 2.89. The summed E-state index contributed by atoms with van der Waals surface area (Å²) in [5, 5.41) is 3.49. The molecule has 0 spiro atoms. The average molecular weight is 354 g/mol. The first kappa shape index (κ1) is 18.6. The monoisotopic (exact) mass is 353 g/mol. The Hall–Kier alpha value is -1.75. The van der Waals surface area contributed by atoms with Crippen molar-refractivity contribution >= 4 is 23.5 Å². The summed E-state index contributed by atoms with van der Waals surface area (Å²) in [5.41, 5.74) is -0.216. The third kappa shape index (κ3) is 3.83. The minimum atomic E-state index is -0.941. The minimum Gasteiger partial charge on any atom is -0.496 e. The smallest absolute Gasteiger partial charge is 0.331 e. The molecule has 1 aromatic carbocycles. The van der Waals surface area contributed by atoms with Gasteiger partial charge in [-0.25, -0.2) is 4.79 Å². The van der Waals surface area contributed by atoms with Crippen LogP contribution in [0, 0.1) is 5.92 Å². The highest BCUT2D eigenvalue weighted by Gasteiger charge is 2.47. The van der Waals surface area contributed by atoms with Crippen molar-refractivity contribution in [3.8, 4) is 5.75 Å². The summed E-state index contributed by atoms with van der Waals surface area (Å²) in [4.78, 5) is 25.0. The van der Waals surface area contributed by atoms with Gasteiger partial charge < -0.3 is 14.8 Å². The number of esters is 1. The van der Waals surface area contributed by atoms with Gasteiger partial charge in [-0.1, -0.05) is 37.4 Å². The number of ether oxygens (including phenoxy) is 2. The SMILES string of the molecule is COC(=O)C1(NC(=O)Cc2ccc(Cl)cc2OC)CCCCC1C. The summed E-state index contributed by atoms with van der Waals surface area (Å²) in [6.07, 6.45) is 3.56. The van der Waals surface area contributed by atoms with Crippen molar-refractivity contribution in [2.75, 3.05) is 14.2 Å². The van der Waals surface area contributed by atoms with Gasteiger partial charge in [-0.15, -0.1) is 0 Å². The Kier molecular flexibility index (Phi) is 6.10. The molecule has 1 aliphatic carbocycles. The van der Waals surface area contributed by atoms with Crippen LogP contribution >= 0.6 is 11.6 Å². The first-order valence-electron chi connectivity index (χ1n) is 8.14. The van der Waals surface area contributed by atoms with Crippen molar-refractivity contribution in [1.29, 1.82) is 0 Å². The Balaban J connectivity index is 2.18. The van der Waals surface area contributed by atoms with E-state index >= 15 is 0 Å². The predicted molar refractivity (Wildman–Crippen MR) is 92.2 cm³/mol. The van der Waals surface area contributed by atoms with Crippen LogP contribution in [0.3, 0.4) is 0 Å². The molecule has 0 bridgehead atoms. The highest BCUT2D eigenvalue weighted by Crippen LogP contribution is 2.35. The summed E-state index contributed by atoms with van der Waals surface area (Å²) in [6.45, 7) is 1.99. The average Bonchev–Trinajstić information content (AvgIpc) is 2.57. The quantitative estimate of drug-likeness (QED) is 0.826. The van der Waals surface area contributed by atoms with E-state index in [1.54, 1.807) is 18.2 Å². The van der Waals surface area contributed by atoms with E-state index in [0.29, 0.717) is 17.2 Å². The number of halogens is 1. The minimum absolute atomic E-state index is 0.0368. The molecule has 132 valence electrons. The normalized spacial score (nSPS) is 23.4. The molecule has 1 aliphatic rings. The maximum absolute atomic E-state index is 12.6. The van der Waals surface area contributed by atoms with Gasteiger partial charge in [0.15, 0.2) is 0 Å². The third-order valence-electron chi connectivity index (χ3n) is 4.81. The Morgan fingerprint density at radius 2 is 2.08 bits per heavy atom. The van der Waals surface area contributed by atoms with Crippen LogP contribution in [0.15, 0.2) is 18.2 Å². The predicted octanol–water partition coefficient (Wildman–Crippen LogP) is 3.13. The maximum atomic E-state index is 12.6. The molecule has 1 fully saturated rings. The Morgan fingerprint density at radius 1 is 1.33 bits per heavy atom. The number of nitrogens with one attached hydrogen (secondary N) is 1. The summed E-state index contributed by atoms with van der Waals surface area (Å²) in [5.74, 6) is -0.00267. The molecule has 0 heterocycles. The fourth-order valence-electron chi connectivity index (χ4n) is 3.40. The summed E-state index contributed by atoms with van der Waals surface area (Å²) >= 11 is 5.95. The van der Waals surface area contributed by atoms with Crippen LogP contribution in [-0.2, 0) is 20.7 Å². The van der Waals surface area contributed by atoms with E-state index in [1.807, 2.05) is 6.92 Å². The third-order valence-corrected chi connectivity index (χ3v) is 5.05. The van der Waals surface area contributed by atoms with Crippen LogP contribution in [0.25, 0.3) is 0 Å². The molecule has 24 heavy (non-hydrogen) atoms. The Labute approximate surface area is 147 Å². The summed E-state index contributed by atoms with van der Waals surface area (Å²) in [6, 6.07) is 5.14. The molecule has 2 rings (SSSR count). The molecule has 0 aromatic heterocycles. The molecule has 0 saturated heterocycles. The lowest BCUT2D eigenvalue weighted by molar-refractivity contribution is -0.155. The van der Waals surface area contributed by atoms with Crippen molar-refractivity contribution in [2.24, 2.45) is 5.92 Å². The number of carbonyl (C=O) groups excluding carboxylic acids is 2. The molecule has 2 unspecified atom stereocenters. The van der Waals surface area contributed by atoms with Crippen LogP contribution in [0.1, 0.15) is 38.2 Å². The highest BCUT2D eigenvalue weighted by molar-refractivity contribution is 6.30. The second-order valence-electron chi connectivity index (χ2n) is 6.29. The van der Waals surface area contributed by atoms with Crippen molar-refractivity contribution in [3.05, 3.63) is 28.8 Å². The molecular formula is C18H24ClNO4. The van der Waals surface area contributed by atoms with Crippen LogP contribution in [-0.4, -0.2) is 31.6 Å². The fourth-order valence-corrected chi connectivity index (χ4v) is 3.56. The van der Waals surface area contributed by atoms with Gasteiger partial charge in [0.2, 0.25) is 5.91 Å². The standard InChI is InChI=1S/C18H24ClNO4/c1-12-6-4-5-9-18(12,17(22)24-3)20-16(21)10-13-7-8-14(19)11-15(13)23-2/h7-8,11-12H,4-6,9-10H2,1-3H3,(H,20,21). The number of methoxy groups -OCH3 is 2. The van der Waals surface area contributed by atoms with Crippen molar-refractivity contribution in [3.63, 3.8) is 0 Å². The first-order chi connectivity index (χ1) is 11.4. The van der Waals surface area contributed by atoms with Gasteiger partial charge in [-0.3, -0.25) is 4.79 Å². The van der Waals surface area contributed by atoms with Crippen molar-refractivity contribution in [2.45, 2.75) is 44.6 Å². The molecule has 1 amide bonds. The number of benzene rings is 1. The van der Waals surface area contributed by atoms with Gasteiger partial charge in [-0.2, -0.15) is 0 Å². The van der Waals surface area contributed by atoms with E-state index < -0.39 is 5.54 Å². The topological polar surface area (TPSA) is 64.6 Å². The zero-order valence-electron chi connectivity index (χ0n) is 14.4. The van der Waals surface area contributed by atoms with Gasteiger partial charge in [0, 0.05) is 10.6 Å². The molecule has 2 atom stereocenters. The second-order valence-corrected chi connectivity index (χ2v) is 6.73. The molecule has 0 aliphatic heterocycles. The van der Waals surface area contributed by atoms with E-state index in [1.165, 1.54) is 14.2 Å². The van der Waals surface area contributed by atoms with Gasteiger partial charge in [0.05, 0.1) is 20.6 Å². The van der Waals surface area contributed by atoms with E-state index in [2.05, 4.69) is 5.32 Å². The molecule has 1 aromatic rings. The van der Waals surface area contributed by atoms with Crippen LogP contribution in [0.5, 0.6) is 5.75 Å². The van der Waals surface area contributed by atoms with Gasteiger partial charge in [-0.05, 0) is 30.9 Å². The zero-order valence-corrected chi connectivity index (χ0v) is 15.1. The lowest BCUT2D eigenvalue weighted by Crippen LogP contribution is -2.60. The second kappa shape index (κ2) is 7.88. The molecular weight excluding hydrogens is 330 g/mol.